The van der Waals surface area contributed by atoms with E-state index in [1.165, 1.54) is 6.07 Å². The Labute approximate surface area is 128 Å². The van der Waals surface area contributed by atoms with Crippen LogP contribution in [-0.2, 0) is 5.41 Å². The Morgan fingerprint density at radius 3 is 2.52 bits per heavy atom. The molecule has 0 saturated heterocycles. The number of halogens is 2. The van der Waals surface area contributed by atoms with Crippen LogP contribution in [0, 0.1) is 5.82 Å². The maximum absolute atomic E-state index is 13.3. The molecule has 1 aromatic heterocycles. The Hall–Kier alpha value is -1.55. The predicted molar refractivity (Wildman–Crippen MR) is 84.0 cm³/mol. The summed E-state index contributed by atoms with van der Waals surface area (Å²) in [5.41, 5.74) is 7.67. The van der Waals surface area contributed by atoms with Gasteiger partial charge in [0.2, 0.25) is 0 Å². The van der Waals surface area contributed by atoms with E-state index >= 15 is 0 Å². The Balaban J connectivity index is 2.17. The minimum absolute atomic E-state index is 0.0881. The Morgan fingerprint density at radius 2 is 2.00 bits per heavy atom. The van der Waals surface area contributed by atoms with Crippen molar-refractivity contribution in [3.8, 4) is 11.3 Å². The number of hydrogen-bond donors (Lipinski definition) is 1. The highest BCUT2D eigenvalue weighted by atomic mass is 35.5. The molecule has 0 atom stereocenters. The summed E-state index contributed by atoms with van der Waals surface area (Å²) in [4.78, 5) is 4.74. The third kappa shape index (κ3) is 2.53. The van der Waals surface area contributed by atoms with Crippen molar-refractivity contribution in [1.82, 2.24) is 9.55 Å². The van der Waals surface area contributed by atoms with Gasteiger partial charge >= 0.3 is 0 Å². The topological polar surface area (TPSA) is 43.8 Å². The smallest absolute Gasteiger partial charge is 0.141 e. The molecular formula is C16H19ClFN3. The van der Waals surface area contributed by atoms with Crippen molar-refractivity contribution in [2.24, 2.45) is 0 Å². The summed E-state index contributed by atoms with van der Waals surface area (Å²) in [6, 6.07) is 5.05. The number of hydrogen-bond acceptors (Lipinski definition) is 2. The second-order valence-corrected chi connectivity index (χ2v) is 7.06. The van der Waals surface area contributed by atoms with Crippen LogP contribution in [-0.4, -0.2) is 9.55 Å². The zero-order valence-electron chi connectivity index (χ0n) is 12.5. The summed E-state index contributed by atoms with van der Waals surface area (Å²) in [5, 5.41) is 0.0881. The van der Waals surface area contributed by atoms with Crippen LogP contribution >= 0.6 is 11.6 Å². The fourth-order valence-electron chi connectivity index (χ4n) is 2.53. The highest BCUT2D eigenvalue weighted by molar-refractivity contribution is 6.31. The van der Waals surface area contributed by atoms with Gasteiger partial charge in [-0.25, -0.2) is 9.37 Å². The molecule has 1 fully saturated rings. The van der Waals surface area contributed by atoms with Gasteiger partial charge in [-0.15, -0.1) is 0 Å². The normalized spacial score (nSPS) is 15.5. The van der Waals surface area contributed by atoms with Crippen LogP contribution in [0.3, 0.4) is 0 Å². The van der Waals surface area contributed by atoms with Gasteiger partial charge in [-0.3, -0.25) is 0 Å². The molecule has 2 N–H and O–H groups in total. The van der Waals surface area contributed by atoms with Crippen LogP contribution in [0.25, 0.3) is 11.3 Å². The average Bonchev–Trinajstić information content (AvgIpc) is 3.15. The molecule has 3 rings (SSSR count). The van der Waals surface area contributed by atoms with Gasteiger partial charge in [-0.05, 0) is 31.0 Å². The zero-order chi connectivity index (χ0) is 15.4. The molecule has 0 aliphatic heterocycles. The summed E-state index contributed by atoms with van der Waals surface area (Å²) in [7, 11) is 0. The molecule has 1 aliphatic carbocycles. The summed E-state index contributed by atoms with van der Waals surface area (Å²) in [6.07, 6.45) is 2.26. The fourth-order valence-corrected chi connectivity index (χ4v) is 2.71. The number of anilines is 1. The first-order valence-corrected chi connectivity index (χ1v) is 7.50. The maximum atomic E-state index is 13.3. The number of rotatable bonds is 2. The minimum atomic E-state index is -0.434. The first kappa shape index (κ1) is 14.4. The van der Waals surface area contributed by atoms with E-state index in [1.807, 2.05) is 0 Å². The highest BCUT2D eigenvalue weighted by Crippen LogP contribution is 2.43. The molecule has 2 aromatic rings. The predicted octanol–water partition coefficient (Wildman–Crippen LogP) is 4.56. The SMILES string of the molecule is CC(C)(C)c1nc(-c2ccc(F)c(Cl)c2)c(N)n1C1CC1. The number of imidazole rings is 1. The van der Waals surface area contributed by atoms with Crippen molar-refractivity contribution < 1.29 is 4.39 Å². The highest BCUT2D eigenvalue weighted by Gasteiger charge is 2.34. The van der Waals surface area contributed by atoms with Crippen molar-refractivity contribution in [3.05, 3.63) is 34.9 Å². The number of nitrogen functional groups attached to an aromatic ring is 1. The van der Waals surface area contributed by atoms with Crippen molar-refractivity contribution in [3.63, 3.8) is 0 Å². The molecule has 0 radical (unpaired) electrons. The van der Waals surface area contributed by atoms with E-state index in [-0.39, 0.29) is 10.4 Å². The van der Waals surface area contributed by atoms with Crippen LogP contribution in [0.2, 0.25) is 5.02 Å². The van der Waals surface area contributed by atoms with Crippen LogP contribution in [0.15, 0.2) is 18.2 Å². The quantitative estimate of drug-likeness (QED) is 0.884. The summed E-state index contributed by atoms with van der Waals surface area (Å²) < 4.78 is 15.5. The Kier molecular flexibility index (Phi) is 3.24. The standard InChI is InChI=1S/C16H19ClFN3/c1-16(2,3)15-20-13(14(19)21(15)10-5-6-10)9-4-7-12(18)11(17)8-9/h4,7-8,10H,5-6,19H2,1-3H3. The summed E-state index contributed by atoms with van der Waals surface area (Å²) >= 11 is 5.88. The van der Waals surface area contributed by atoms with E-state index in [4.69, 9.17) is 22.3 Å². The van der Waals surface area contributed by atoms with Gasteiger partial charge in [0.1, 0.15) is 23.2 Å². The first-order chi connectivity index (χ1) is 9.79. The van der Waals surface area contributed by atoms with E-state index in [0.29, 0.717) is 17.6 Å². The lowest BCUT2D eigenvalue weighted by Gasteiger charge is -2.20. The number of nitrogens with zero attached hydrogens (tertiary/aromatic N) is 2. The second kappa shape index (κ2) is 4.73. The van der Waals surface area contributed by atoms with E-state index in [9.17, 15) is 4.39 Å². The van der Waals surface area contributed by atoms with E-state index in [2.05, 4.69) is 25.3 Å². The second-order valence-electron chi connectivity index (χ2n) is 6.65. The molecule has 0 spiro atoms. The molecule has 21 heavy (non-hydrogen) atoms. The third-order valence-corrected chi connectivity index (χ3v) is 4.01. The van der Waals surface area contributed by atoms with Crippen molar-refractivity contribution >= 4 is 17.4 Å². The van der Waals surface area contributed by atoms with Crippen molar-refractivity contribution in [2.75, 3.05) is 5.73 Å². The minimum Gasteiger partial charge on any atom is -0.383 e. The van der Waals surface area contributed by atoms with Crippen LogP contribution in [0.4, 0.5) is 10.2 Å². The third-order valence-electron chi connectivity index (χ3n) is 3.72. The molecule has 0 bridgehead atoms. The lowest BCUT2D eigenvalue weighted by Crippen LogP contribution is -2.19. The van der Waals surface area contributed by atoms with Gasteiger partial charge in [-0.2, -0.15) is 0 Å². The fraction of sp³-hybridized carbons (Fsp3) is 0.438. The molecule has 1 heterocycles. The lowest BCUT2D eigenvalue weighted by atomic mass is 9.95. The van der Waals surface area contributed by atoms with Gasteiger partial charge < -0.3 is 10.3 Å². The summed E-state index contributed by atoms with van der Waals surface area (Å²) in [5.74, 6) is 1.18. The van der Waals surface area contributed by atoms with Gasteiger partial charge in [0.15, 0.2) is 0 Å². The van der Waals surface area contributed by atoms with E-state index < -0.39 is 5.82 Å². The van der Waals surface area contributed by atoms with E-state index in [0.717, 1.165) is 24.2 Å². The largest absolute Gasteiger partial charge is 0.383 e. The number of benzene rings is 1. The molecule has 1 aromatic carbocycles. The van der Waals surface area contributed by atoms with Crippen LogP contribution < -0.4 is 5.73 Å². The molecule has 1 saturated carbocycles. The monoisotopic (exact) mass is 307 g/mol. The Bertz CT molecular complexity index is 696. The van der Waals surface area contributed by atoms with Gasteiger partial charge in [-0.1, -0.05) is 32.4 Å². The number of nitrogens with two attached hydrogens (primary N) is 1. The van der Waals surface area contributed by atoms with Gasteiger partial charge in [0, 0.05) is 17.0 Å². The van der Waals surface area contributed by atoms with Crippen LogP contribution in [0.5, 0.6) is 0 Å². The van der Waals surface area contributed by atoms with E-state index in [1.54, 1.807) is 12.1 Å². The molecule has 5 heteroatoms. The molecule has 112 valence electrons. The van der Waals surface area contributed by atoms with Gasteiger partial charge in [0.25, 0.3) is 0 Å². The molecular weight excluding hydrogens is 289 g/mol. The van der Waals surface area contributed by atoms with Gasteiger partial charge in [0.05, 0.1) is 5.02 Å². The van der Waals surface area contributed by atoms with Crippen molar-refractivity contribution in [2.45, 2.75) is 45.1 Å². The zero-order valence-corrected chi connectivity index (χ0v) is 13.2. The Morgan fingerprint density at radius 1 is 1.33 bits per heavy atom. The molecule has 0 amide bonds. The maximum Gasteiger partial charge on any atom is 0.141 e. The number of aromatic nitrogens is 2. The lowest BCUT2D eigenvalue weighted by molar-refractivity contribution is 0.504. The van der Waals surface area contributed by atoms with Crippen LogP contribution in [0.1, 0.15) is 45.5 Å². The molecule has 0 unspecified atom stereocenters. The first-order valence-electron chi connectivity index (χ1n) is 7.12. The molecule has 3 nitrogen and oxygen atoms in total. The average molecular weight is 308 g/mol. The summed E-state index contributed by atoms with van der Waals surface area (Å²) in [6.45, 7) is 6.36. The van der Waals surface area contributed by atoms with Crippen molar-refractivity contribution in [1.29, 1.82) is 0 Å². The molecule has 1 aliphatic rings.